The molecule has 1 amide bonds. The van der Waals surface area contributed by atoms with Gasteiger partial charge in [-0.1, -0.05) is 39.5 Å². The van der Waals surface area contributed by atoms with Crippen molar-refractivity contribution in [3.63, 3.8) is 0 Å². The summed E-state index contributed by atoms with van der Waals surface area (Å²) in [5, 5.41) is 2.93. The molecule has 1 atom stereocenters. The van der Waals surface area contributed by atoms with Crippen LogP contribution in [0.1, 0.15) is 46.0 Å². The summed E-state index contributed by atoms with van der Waals surface area (Å²) in [6, 6.07) is -0.353. The van der Waals surface area contributed by atoms with Gasteiger partial charge in [0.25, 0.3) is 0 Å². The highest BCUT2D eigenvalue weighted by molar-refractivity contribution is 5.85. The fraction of sp³-hybridized carbons (Fsp3) is 0.917. The SMILES string of the molecule is CC(C)C(N)C(=O)NCCC1CCCC1.Cl. The van der Waals surface area contributed by atoms with E-state index in [1.807, 2.05) is 13.8 Å². The molecular weight excluding hydrogens is 224 g/mol. The van der Waals surface area contributed by atoms with Gasteiger partial charge in [-0.2, -0.15) is 0 Å². The number of carbonyl (C=O) groups excluding carboxylic acids is 1. The van der Waals surface area contributed by atoms with Crippen molar-refractivity contribution in [2.75, 3.05) is 6.54 Å². The molecule has 0 aromatic rings. The molecular formula is C12H25ClN2O. The van der Waals surface area contributed by atoms with E-state index in [0.717, 1.165) is 18.9 Å². The molecule has 16 heavy (non-hydrogen) atoms. The highest BCUT2D eigenvalue weighted by Gasteiger charge is 2.18. The molecule has 3 N–H and O–H groups in total. The number of amides is 1. The van der Waals surface area contributed by atoms with E-state index >= 15 is 0 Å². The summed E-state index contributed by atoms with van der Waals surface area (Å²) in [5.41, 5.74) is 5.74. The van der Waals surface area contributed by atoms with Gasteiger partial charge in [0.2, 0.25) is 5.91 Å². The normalized spacial score (nSPS) is 18.2. The van der Waals surface area contributed by atoms with E-state index in [2.05, 4.69) is 5.32 Å². The minimum Gasteiger partial charge on any atom is -0.355 e. The van der Waals surface area contributed by atoms with E-state index in [4.69, 9.17) is 5.73 Å². The average molecular weight is 249 g/mol. The van der Waals surface area contributed by atoms with Gasteiger partial charge < -0.3 is 11.1 Å². The lowest BCUT2D eigenvalue weighted by Gasteiger charge is -2.16. The smallest absolute Gasteiger partial charge is 0.237 e. The van der Waals surface area contributed by atoms with Crippen LogP contribution in [0.5, 0.6) is 0 Å². The van der Waals surface area contributed by atoms with Crippen molar-refractivity contribution in [2.24, 2.45) is 17.6 Å². The molecule has 1 saturated carbocycles. The maximum Gasteiger partial charge on any atom is 0.237 e. The Bertz CT molecular complexity index is 203. The fourth-order valence-corrected chi connectivity index (χ4v) is 2.12. The number of rotatable bonds is 5. The Labute approximate surface area is 105 Å². The summed E-state index contributed by atoms with van der Waals surface area (Å²) in [4.78, 5) is 11.5. The van der Waals surface area contributed by atoms with Crippen molar-refractivity contribution in [1.29, 1.82) is 0 Å². The van der Waals surface area contributed by atoms with Crippen LogP contribution in [-0.4, -0.2) is 18.5 Å². The van der Waals surface area contributed by atoms with Crippen LogP contribution in [0.2, 0.25) is 0 Å². The average Bonchev–Trinajstić information content (AvgIpc) is 2.69. The summed E-state index contributed by atoms with van der Waals surface area (Å²) in [5.74, 6) is 1.06. The molecule has 0 spiro atoms. The monoisotopic (exact) mass is 248 g/mol. The molecule has 1 aliphatic carbocycles. The molecule has 1 rings (SSSR count). The Balaban J connectivity index is 0.00000225. The maximum atomic E-state index is 11.5. The molecule has 4 heteroatoms. The van der Waals surface area contributed by atoms with Crippen molar-refractivity contribution in [1.82, 2.24) is 5.32 Å². The second kappa shape index (κ2) is 7.91. The number of nitrogens with two attached hydrogens (primary N) is 1. The second-order valence-corrected chi connectivity index (χ2v) is 5.00. The van der Waals surface area contributed by atoms with Gasteiger partial charge in [0.1, 0.15) is 0 Å². The van der Waals surface area contributed by atoms with E-state index in [-0.39, 0.29) is 30.3 Å². The van der Waals surface area contributed by atoms with Gasteiger partial charge in [-0.05, 0) is 18.3 Å². The second-order valence-electron chi connectivity index (χ2n) is 5.00. The Morgan fingerprint density at radius 2 is 1.94 bits per heavy atom. The molecule has 3 nitrogen and oxygen atoms in total. The Morgan fingerprint density at radius 1 is 1.38 bits per heavy atom. The lowest BCUT2D eigenvalue weighted by molar-refractivity contribution is -0.123. The zero-order chi connectivity index (χ0) is 11.3. The molecule has 0 radical (unpaired) electrons. The number of hydrogen-bond acceptors (Lipinski definition) is 2. The fourth-order valence-electron chi connectivity index (χ4n) is 2.12. The highest BCUT2D eigenvalue weighted by Crippen LogP contribution is 2.26. The minimum absolute atomic E-state index is 0. The summed E-state index contributed by atoms with van der Waals surface area (Å²) < 4.78 is 0. The predicted octanol–water partition coefficient (Wildman–Crippen LogP) is 2.09. The van der Waals surface area contributed by atoms with Crippen LogP contribution in [-0.2, 0) is 4.79 Å². The third-order valence-electron chi connectivity index (χ3n) is 3.35. The number of nitrogens with one attached hydrogen (secondary N) is 1. The third-order valence-corrected chi connectivity index (χ3v) is 3.35. The molecule has 1 aliphatic rings. The largest absolute Gasteiger partial charge is 0.355 e. The van der Waals surface area contributed by atoms with E-state index < -0.39 is 0 Å². The van der Waals surface area contributed by atoms with Crippen molar-refractivity contribution in [3.05, 3.63) is 0 Å². The van der Waals surface area contributed by atoms with E-state index in [0.29, 0.717) is 0 Å². The van der Waals surface area contributed by atoms with Crippen LogP contribution < -0.4 is 11.1 Å². The summed E-state index contributed by atoms with van der Waals surface area (Å²) in [6.07, 6.45) is 6.53. The quantitative estimate of drug-likeness (QED) is 0.783. The van der Waals surface area contributed by atoms with Gasteiger partial charge in [0.15, 0.2) is 0 Å². The zero-order valence-electron chi connectivity index (χ0n) is 10.4. The molecule has 0 bridgehead atoms. The lowest BCUT2D eigenvalue weighted by Crippen LogP contribution is -2.44. The Kier molecular flexibility index (Phi) is 7.77. The minimum atomic E-state index is -0.353. The van der Waals surface area contributed by atoms with Crippen LogP contribution in [0, 0.1) is 11.8 Å². The van der Waals surface area contributed by atoms with Gasteiger partial charge in [0, 0.05) is 6.54 Å². The summed E-state index contributed by atoms with van der Waals surface area (Å²) in [7, 11) is 0. The van der Waals surface area contributed by atoms with E-state index in [1.165, 1.54) is 25.7 Å². The van der Waals surface area contributed by atoms with Crippen molar-refractivity contribution in [2.45, 2.75) is 52.0 Å². The zero-order valence-corrected chi connectivity index (χ0v) is 11.2. The highest BCUT2D eigenvalue weighted by atomic mass is 35.5. The molecule has 96 valence electrons. The van der Waals surface area contributed by atoms with Crippen LogP contribution >= 0.6 is 12.4 Å². The standard InChI is InChI=1S/C12H24N2O.ClH/c1-9(2)11(13)12(15)14-8-7-10-5-3-4-6-10;/h9-11H,3-8,13H2,1-2H3,(H,14,15);1H. The first-order valence-electron chi connectivity index (χ1n) is 6.14. The number of carbonyl (C=O) groups is 1. The third kappa shape index (κ3) is 5.17. The first kappa shape index (κ1) is 15.7. The number of halogens is 1. The van der Waals surface area contributed by atoms with E-state index in [1.54, 1.807) is 0 Å². The first-order chi connectivity index (χ1) is 7.11. The Hall–Kier alpha value is -0.280. The van der Waals surface area contributed by atoms with Crippen LogP contribution in [0.15, 0.2) is 0 Å². The molecule has 0 aliphatic heterocycles. The topological polar surface area (TPSA) is 55.1 Å². The maximum absolute atomic E-state index is 11.5. The van der Waals surface area contributed by atoms with Crippen LogP contribution in [0.4, 0.5) is 0 Å². The lowest BCUT2D eigenvalue weighted by atomic mass is 10.0. The first-order valence-corrected chi connectivity index (χ1v) is 6.14. The van der Waals surface area contributed by atoms with Gasteiger partial charge >= 0.3 is 0 Å². The van der Waals surface area contributed by atoms with Gasteiger partial charge in [-0.3, -0.25) is 4.79 Å². The molecule has 0 heterocycles. The van der Waals surface area contributed by atoms with E-state index in [9.17, 15) is 4.79 Å². The molecule has 0 saturated heterocycles. The molecule has 1 unspecified atom stereocenters. The van der Waals surface area contributed by atoms with Crippen molar-refractivity contribution >= 4 is 18.3 Å². The molecule has 0 aromatic heterocycles. The number of hydrogen-bond donors (Lipinski definition) is 2. The van der Waals surface area contributed by atoms with Crippen LogP contribution in [0.3, 0.4) is 0 Å². The van der Waals surface area contributed by atoms with Gasteiger partial charge in [-0.25, -0.2) is 0 Å². The Morgan fingerprint density at radius 3 is 2.44 bits per heavy atom. The van der Waals surface area contributed by atoms with Gasteiger partial charge in [0.05, 0.1) is 6.04 Å². The molecule has 1 fully saturated rings. The summed E-state index contributed by atoms with van der Waals surface area (Å²) >= 11 is 0. The van der Waals surface area contributed by atoms with Crippen molar-refractivity contribution < 1.29 is 4.79 Å². The van der Waals surface area contributed by atoms with Crippen LogP contribution in [0.25, 0.3) is 0 Å². The van der Waals surface area contributed by atoms with Gasteiger partial charge in [-0.15, -0.1) is 12.4 Å². The molecule has 0 aromatic carbocycles. The van der Waals surface area contributed by atoms with Crippen molar-refractivity contribution in [3.8, 4) is 0 Å². The summed E-state index contributed by atoms with van der Waals surface area (Å²) in [6.45, 7) is 4.74. The predicted molar refractivity (Wildman–Crippen MR) is 69.6 cm³/mol.